The lowest BCUT2D eigenvalue weighted by molar-refractivity contribution is 0.223. The molecule has 1 aliphatic rings. The van der Waals surface area contributed by atoms with E-state index < -0.39 is 0 Å². The van der Waals surface area contributed by atoms with Crippen molar-refractivity contribution >= 4 is 17.3 Å². The van der Waals surface area contributed by atoms with Gasteiger partial charge in [-0.1, -0.05) is 30.3 Å². The van der Waals surface area contributed by atoms with Crippen molar-refractivity contribution < 1.29 is 4.74 Å². The number of benzene rings is 1. The average molecular weight is 250 g/mol. The molecule has 1 aliphatic heterocycles. The Morgan fingerprint density at radius 3 is 3.00 bits per heavy atom. The summed E-state index contributed by atoms with van der Waals surface area (Å²) in [4.78, 5) is 0. The summed E-state index contributed by atoms with van der Waals surface area (Å²) >= 11 is 6.03. The Kier molecular flexibility index (Phi) is 3.55. The Bertz CT molecular complexity index is 467. The second kappa shape index (κ2) is 4.94. The highest BCUT2D eigenvalue weighted by atomic mass is 35.5. The van der Waals surface area contributed by atoms with Crippen molar-refractivity contribution in [2.24, 2.45) is 0 Å². The summed E-state index contributed by atoms with van der Waals surface area (Å²) in [5.41, 5.74) is 4.35. The molecule has 0 radical (unpaired) electrons. The molecule has 2 rings (SSSR count). The Morgan fingerprint density at radius 1 is 1.53 bits per heavy atom. The van der Waals surface area contributed by atoms with Crippen molar-refractivity contribution in [2.45, 2.75) is 12.3 Å². The molecule has 0 spiro atoms. The monoisotopic (exact) mass is 249 g/mol. The van der Waals surface area contributed by atoms with E-state index in [9.17, 15) is 0 Å². The van der Waals surface area contributed by atoms with Crippen molar-refractivity contribution in [3.63, 3.8) is 0 Å². The first kappa shape index (κ1) is 12.2. The first-order valence-electron chi connectivity index (χ1n) is 5.52. The van der Waals surface area contributed by atoms with Crippen LogP contribution in [0.25, 0.3) is 0 Å². The Balaban J connectivity index is 2.22. The molecule has 1 aromatic rings. The van der Waals surface area contributed by atoms with E-state index in [0.29, 0.717) is 6.61 Å². The van der Waals surface area contributed by atoms with Crippen LogP contribution < -0.4 is 5.32 Å². The minimum absolute atomic E-state index is 0.242. The number of hydrogen-bond acceptors (Lipinski definition) is 2. The smallest absolute Gasteiger partial charge is 0.0670 e. The third-order valence-corrected chi connectivity index (χ3v) is 3.18. The van der Waals surface area contributed by atoms with Crippen LogP contribution in [0.5, 0.6) is 0 Å². The summed E-state index contributed by atoms with van der Waals surface area (Å²) in [6, 6.07) is 5.86. The van der Waals surface area contributed by atoms with Gasteiger partial charge in [-0.15, -0.1) is 0 Å². The van der Waals surface area contributed by atoms with Crippen LogP contribution in [0.3, 0.4) is 0 Å². The highest BCUT2D eigenvalue weighted by Gasteiger charge is 2.26. The van der Waals surface area contributed by atoms with E-state index in [1.165, 1.54) is 5.56 Å². The minimum Gasteiger partial charge on any atom is -0.380 e. The number of hydrogen-bond donors (Lipinski definition) is 1. The average Bonchev–Trinajstić information content (AvgIpc) is 2.56. The second-order valence-corrected chi connectivity index (χ2v) is 4.76. The lowest BCUT2D eigenvalue weighted by Gasteiger charge is -2.13. The number of halogens is 1. The molecule has 1 N–H and O–H groups in total. The predicted molar refractivity (Wildman–Crippen MR) is 72.6 cm³/mol. The first-order chi connectivity index (χ1) is 8.11. The van der Waals surface area contributed by atoms with Crippen LogP contribution in [0.2, 0.25) is 5.02 Å². The van der Waals surface area contributed by atoms with Crippen molar-refractivity contribution in [1.82, 2.24) is 0 Å². The summed E-state index contributed by atoms with van der Waals surface area (Å²) in [6.07, 6.45) is 0.840. The van der Waals surface area contributed by atoms with Gasteiger partial charge >= 0.3 is 0 Å². The molecular formula is C14H16ClNO. The van der Waals surface area contributed by atoms with E-state index in [1.807, 2.05) is 18.2 Å². The van der Waals surface area contributed by atoms with E-state index in [4.69, 9.17) is 16.3 Å². The quantitative estimate of drug-likeness (QED) is 0.816. The van der Waals surface area contributed by atoms with Crippen LogP contribution in [0.4, 0.5) is 5.69 Å². The number of anilines is 1. The van der Waals surface area contributed by atoms with Crippen molar-refractivity contribution in [3.05, 3.63) is 53.2 Å². The number of nitrogens with one attached hydrogen (secondary N) is 1. The lowest BCUT2D eigenvalue weighted by Crippen LogP contribution is -2.03. The number of rotatable bonds is 4. The number of ether oxygens (including phenoxy) is 1. The lowest BCUT2D eigenvalue weighted by atomic mass is 9.92. The molecule has 0 bridgehead atoms. The van der Waals surface area contributed by atoms with Gasteiger partial charge in [-0.3, -0.25) is 0 Å². The molecule has 0 saturated carbocycles. The van der Waals surface area contributed by atoms with Gasteiger partial charge in [0, 0.05) is 29.4 Å². The normalized spacial score (nSPS) is 17.8. The molecule has 90 valence electrons. The molecule has 2 nitrogen and oxygen atoms in total. The largest absolute Gasteiger partial charge is 0.380 e. The van der Waals surface area contributed by atoms with Gasteiger partial charge in [0.1, 0.15) is 0 Å². The van der Waals surface area contributed by atoms with Crippen LogP contribution in [0.15, 0.2) is 42.6 Å². The summed E-state index contributed by atoms with van der Waals surface area (Å²) < 4.78 is 5.09. The van der Waals surface area contributed by atoms with Gasteiger partial charge in [0.15, 0.2) is 0 Å². The zero-order valence-electron chi connectivity index (χ0n) is 9.92. The zero-order valence-corrected chi connectivity index (χ0v) is 10.7. The van der Waals surface area contributed by atoms with Gasteiger partial charge in [0.05, 0.1) is 6.61 Å². The molecule has 0 fully saturated rings. The van der Waals surface area contributed by atoms with Crippen molar-refractivity contribution in [1.29, 1.82) is 0 Å². The summed E-state index contributed by atoms with van der Waals surface area (Å²) in [6.45, 7) is 8.65. The van der Waals surface area contributed by atoms with Gasteiger partial charge in [-0.05, 0) is 30.2 Å². The van der Waals surface area contributed by atoms with Crippen molar-refractivity contribution in [2.75, 3.05) is 19.0 Å². The van der Waals surface area contributed by atoms with E-state index in [2.05, 4.69) is 18.5 Å². The number of allylic oxidation sites excluding steroid dienone is 1. The summed E-state index contributed by atoms with van der Waals surface area (Å²) in [5.74, 6) is 0.242. The maximum Gasteiger partial charge on any atom is 0.0670 e. The van der Waals surface area contributed by atoms with Gasteiger partial charge in [-0.2, -0.15) is 0 Å². The van der Waals surface area contributed by atoms with Crippen LogP contribution in [0.1, 0.15) is 17.9 Å². The zero-order chi connectivity index (χ0) is 12.4. The molecular weight excluding hydrogens is 234 g/mol. The molecule has 17 heavy (non-hydrogen) atoms. The van der Waals surface area contributed by atoms with Crippen LogP contribution >= 0.6 is 11.6 Å². The molecule has 3 heteroatoms. The van der Waals surface area contributed by atoms with E-state index in [0.717, 1.165) is 28.4 Å². The standard InChI is InChI=1S/C14H16ClNO/c1-9(8-17-3)6-12-10(2)16-14-5-4-11(15)7-13(12)14/h4-5,7,12,16H,1-2,6,8H2,3H3. The Labute approximate surface area is 107 Å². The fourth-order valence-electron chi connectivity index (χ4n) is 2.17. The van der Waals surface area contributed by atoms with Crippen LogP contribution in [0, 0.1) is 0 Å². The molecule has 1 atom stereocenters. The predicted octanol–water partition coefficient (Wildman–Crippen LogP) is 3.96. The Hall–Kier alpha value is -1.25. The first-order valence-corrected chi connectivity index (χ1v) is 5.90. The highest BCUT2D eigenvalue weighted by Crippen LogP contribution is 2.42. The highest BCUT2D eigenvalue weighted by molar-refractivity contribution is 6.30. The van der Waals surface area contributed by atoms with Crippen LogP contribution in [-0.4, -0.2) is 13.7 Å². The molecule has 0 amide bonds. The Morgan fingerprint density at radius 2 is 2.29 bits per heavy atom. The second-order valence-electron chi connectivity index (χ2n) is 4.32. The molecule has 1 unspecified atom stereocenters. The molecule has 0 aliphatic carbocycles. The molecule has 1 aromatic carbocycles. The maximum absolute atomic E-state index is 6.03. The maximum atomic E-state index is 6.03. The SMILES string of the molecule is C=C(COC)CC1C(=C)Nc2ccc(Cl)cc21. The molecule has 0 aromatic heterocycles. The van der Waals surface area contributed by atoms with Gasteiger partial charge in [0.25, 0.3) is 0 Å². The minimum atomic E-state index is 0.242. The van der Waals surface area contributed by atoms with Gasteiger partial charge < -0.3 is 10.1 Å². The number of methoxy groups -OCH3 is 1. The number of fused-ring (bicyclic) bond motifs is 1. The van der Waals surface area contributed by atoms with E-state index in [-0.39, 0.29) is 5.92 Å². The van der Waals surface area contributed by atoms with Gasteiger partial charge in [0.2, 0.25) is 0 Å². The van der Waals surface area contributed by atoms with Gasteiger partial charge in [-0.25, -0.2) is 0 Å². The van der Waals surface area contributed by atoms with E-state index >= 15 is 0 Å². The fourth-order valence-corrected chi connectivity index (χ4v) is 2.35. The van der Waals surface area contributed by atoms with Crippen LogP contribution in [-0.2, 0) is 4.74 Å². The fraction of sp³-hybridized carbons (Fsp3) is 0.286. The topological polar surface area (TPSA) is 21.3 Å². The molecule has 0 saturated heterocycles. The molecule has 1 heterocycles. The summed E-state index contributed by atoms with van der Waals surface area (Å²) in [5, 5.41) is 4.04. The third-order valence-electron chi connectivity index (χ3n) is 2.95. The third kappa shape index (κ3) is 2.54. The van der Waals surface area contributed by atoms with Crippen molar-refractivity contribution in [3.8, 4) is 0 Å². The van der Waals surface area contributed by atoms with E-state index in [1.54, 1.807) is 7.11 Å². The summed E-state index contributed by atoms with van der Waals surface area (Å²) in [7, 11) is 1.68.